The van der Waals surface area contributed by atoms with Gasteiger partial charge in [0.1, 0.15) is 0 Å². The molecule has 0 saturated carbocycles. The van der Waals surface area contributed by atoms with Crippen LogP contribution in [0.15, 0.2) is 48.5 Å². The fraction of sp³-hybridized carbons (Fsp3) is 0.381. The zero-order valence-corrected chi connectivity index (χ0v) is 17.5. The molecule has 0 spiro atoms. The van der Waals surface area contributed by atoms with Gasteiger partial charge in [-0.1, -0.05) is 24.3 Å². The molecule has 3 N–H and O–H groups in total. The monoisotopic (exact) mass is 417 g/mol. The smallest absolute Gasteiger partial charge is 0.255 e. The Morgan fingerprint density at radius 1 is 1.03 bits per heavy atom. The van der Waals surface area contributed by atoms with Crippen LogP contribution in [-0.2, 0) is 27.1 Å². The number of nitrogens with one attached hydrogen (secondary N) is 1. The van der Waals surface area contributed by atoms with Crippen molar-refractivity contribution in [2.75, 3.05) is 18.4 Å². The highest BCUT2D eigenvalue weighted by Crippen LogP contribution is 2.16. The van der Waals surface area contributed by atoms with Crippen molar-refractivity contribution in [1.29, 1.82) is 0 Å². The number of nitrogens with two attached hydrogens (primary N) is 1. The predicted molar refractivity (Wildman–Crippen MR) is 113 cm³/mol. The lowest BCUT2D eigenvalue weighted by Gasteiger charge is -2.35. The average molecular weight is 418 g/mol. The van der Waals surface area contributed by atoms with Crippen LogP contribution in [0, 0.1) is 0 Å². The Kier molecular flexibility index (Phi) is 6.69. The summed E-state index contributed by atoms with van der Waals surface area (Å²) < 4.78 is 28.0. The minimum atomic E-state index is -3.57. The fourth-order valence-electron chi connectivity index (χ4n) is 3.55. The Balaban J connectivity index is 1.57. The van der Waals surface area contributed by atoms with E-state index in [-0.39, 0.29) is 23.9 Å². The summed E-state index contributed by atoms with van der Waals surface area (Å²) in [5.74, 6) is -0.451. The Hall–Kier alpha value is -2.26. The van der Waals surface area contributed by atoms with E-state index in [4.69, 9.17) is 9.88 Å². The van der Waals surface area contributed by atoms with E-state index in [2.05, 4.69) is 24.1 Å². The standard InChI is InChI=1S/C21H27N3O4S/c1-15-11-24(12-16(2)28-15)13-17-3-7-19(8-4-17)21(25)23-20-9-5-18(6-10-20)14-29(22,26)27/h3-10,15-16H,11-14H2,1-2H3,(H,23,25)(H2,22,26,27). The molecule has 8 heteroatoms. The second-order valence-corrected chi connectivity index (χ2v) is 9.22. The summed E-state index contributed by atoms with van der Waals surface area (Å²) >= 11 is 0. The van der Waals surface area contributed by atoms with Gasteiger partial charge in [0.25, 0.3) is 5.91 Å². The fourth-order valence-corrected chi connectivity index (χ4v) is 4.21. The van der Waals surface area contributed by atoms with Crippen LogP contribution in [-0.4, -0.2) is 44.5 Å². The van der Waals surface area contributed by atoms with Crippen molar-refractivity contribution in [3.63, 3.8) is 0 Å². The average Bonchev–Trinajstić information content (AvgIpc) is 2.62. The van der Waals surface area contributed by atoms with E-state index in [1.165, 1.54) is 0 Å². The highest BCUT2D eigenvalue weighted by molar-refractivity contribution is 7.88. The van der Waals surface area contributed by atoms with Gasteiger partial charge in [-0.15, -0.1) is 0 Å². The van der Waals surface area contributed by atoms with Gasteiger partial charge in [-0.3, -0.25) is 9.69 Å². The van der Waals surface area contributed by atoms with Crippen molar-refractivity contribution >= 4 is 21.6 Å². The molecule has 0 bridgehead atoms. The zero-order chi connectivity index (χ0) is 21.0. The molecule has 1 amide bonds. The lowest BCUT2D eigenvalue weighted by Crippen LogP contribution is -2.44. The normalized spacial score (nSPS) is 20.4. The molecule has 2 unspecified atom stereocenters. The first kappa shape index (κ1) is 21.4. The number of hydrogen-bond acceptors (Lipinski definition) is 5. The predicted octanol–water partition coefficient (Wildman–Crippen LogP) is 2.34. The van der Waals surface area contributed by atoms with Crippen LogP contribution < -0.4 is 10.5 Å². The van der Waals surface area contributed by atoms with E-state index < -0.39 is 10.0 Å². The van der Waals surface area contributed by atoms with Gasteiger partial charge in [0.2, 0.25) is 10.0 Å². The van der Waals surface area contributed by atoms with Gasteiger partial charge in [-0.2, -0.15) is 0 Å². The molecular weight excluding hydrogens is 390 g/mol. The largest absolute Gasteiger partial charge is 0.373 e. The first-order chi connectivity index (χ1) is 13.7. The van der Waals surface area contributed by atoms with Crippen LogP contribution in [0.25, 0.3) is 0 Å². The molecule has 3 rings (SSSR count). The van der Waals surface area contributed by atoms with Crippen molar-refractivity contribution < 1.29 is 17.9 Å². The van der Waals surface area contributed by atoms with Crippen LogP contribution in [0.3, 0.4) is 0 Å². The van der Waals surface area contributed by atoms with E-state index >= 15 is 0 Å². The van der Waals surface area contributed by atoms with Crippen LogP contribution >= 0.6 is 0 Å². The SMILES string of the molecule is CC1CN(Cc2ccc(C(=O)Nc3ccc(CS(N)(=O)=O)cc3)cc2)CC(C)O1. The number of anilines is 1. The molecule has 156 valence electrons. The van der Waals surface area contributed by atoms with E-state index in [0.717, 1.165) is 25.2 Å². The molecule has 0 radical (unpaired) electrons. The van der Waals surface area contributed by atoms with Gasteiger partial charge in [-0.25, -0.2) is 13.6 Å². The highest BCUT2D eigenvalue weighted by Gasteiger charge is 2.22. The number of primary sulfonamides is 1. The topological polar surface area (TPSA) is 102 Å². The number of ether oxygens (including phenoxy) is 1. The van der Waals surface area contributed by atoms with Crippen molar-refractivity contribution in [3.05, 3.63) is 65.2 Å². The van der Waals surface area contributed by atoms with Crippen molar-refractivity contribution in [2.45, 2.75) is 38.4 Å². The Bertz CT molecular complexity index is 933. The molecule has 7 nitrogen and oxygen atoms in total. The number of rotatable bonds is 6. The molecule has 1 saturated heterocycles. The van der Waals surface area contributed by atoms with Gasteiger partial charge in [-0.05, 0) is 49.2 Å². The summed E-state index contributed by atoms with van der Waals surface area (Å²) in [6, 6.07) is 14.1. The third kappa shape index (κ3) is 6.64. The third-order valence-corrected chi connectivity index (χ3v) is 5.43. The number of hydrogen-bond donors (Lipinski definition) is 2. The first-order valence-electron chi connectivity index (χ1n) is 9.55. The highest BCUT2D eigenvalue weighted by atomic mass is 32.2. The Morgan fingerprint density at radius 3 is 2.14 bits per heavy atom. The van der Waals surface area contributed by atoms with Crippen molar-refractivity contribution in [2.24, 2.45) is 5.14 Å². The number of nitrogens with zero attached hydrogens (tertiary/aromatic N) is 1. The van der Waals surface area contributed by atoms with Crippen LogP contribution in [0.1, 0.15) is 35.3 Å². The number of carbonyl (C=O) groups is 1. The second-order valence-electron chi connectivity index (χ2n) is 7.61. The number of carbonyl (C=O) groups excluding carboxylic acids is 1. The summed E-state index contributed by atoms with van der Waals surface area (Å²) in [5.41, 5.74) is 2.87. The molecule has 1 aliphatic heterocycles. The summed E-state index contributed by atoms with van der Waals surface area (Å²) in [7, 11) is -3.57. The summed E-state index contributed by atoms with van der Waals surface area (Å²) in [4.78, 5) is 14.8. The lowest BCUT2D eigenvalue weighted by atomic mass is 10.1. The van der Waals surface area contributed by atoms with Crippen molar-refractivity contribution in [1.82, 2.24) is 4.90 Å². The molecule has 0 aromatic heterocycles. The minimum absolute atomic E-state index is 0.218. The molecule has 0 aliphatic carbocycles. The first-order valence-corrected chi connectivity index (χ1v) is 11.3. The summed E-state index contributed by atoms with van der Waals surface area (Å²) in [5, 5.41) is 7.85. The van der Waals surface area contributed by atoms with Gasteiger partial charge in [0.15, 0.2) is 0 Å². The van der Waals surface area contributed by atoms with Crippen LogP contribution in [0.4, 0.5) is 5.69 Å². The second kappa shape index (κ2) is 9.04. The van der Waals surface area contributed by atoms with Crippen LogP contribution in [0.2, 0.25) is 0 Å². The summed E-state index contributed by atoms with van der Waals surface area (Å²) in [6.07, 6.45) is 0.445. The number of benzene rings is 2. The molecule has 1 fully saturated rings. The number of amides is 1. The van der Waals surface area contributed by atoms with Gasteiger partial charge < -0.3 is 10.1 Å². The molecular formula is C21H27N3O4S. The maximum absolute atomic E-state index is 12.5. The third-order valence-electron chi connectivity index (χ3n) is 4.70. The van der Waals surface area contributed by atoms with Crippen molar-refractivity contribution in [3.8, 4) is 0 Å². The van der Waals surface area contributed by atoms with Gasteiger partial charge in [0, 0.05) is 30.9 Å². The zero-order valence-electron chi connectivity index (χ0n) is 16.7. The number of sulfonamides is 1. The molecule has 2 atom stereocenters. The quantitative estimate of drug-likeness (QED) is 0.751. The Labute approximate surface area is 171 Å². The molecule has 2 aromatic rings. The van der Waals surface area contributed by atoms with E-state index in [0.29, 0.717) is 16.8 Å². The molecule has 2 aromatic carbocycles. The lowest BCUT2D eigenvalue weighted by molar-refractivity contribution is -0.0704. The van der Waals surface area contributed by atoms with Crippen LogP contribution in [0.5, 0.6) is 0 Å². The molecule has 29 heavy (non-hydrogen) atoms. The van der Waals surface area contributed by atoms with E-state index in [9.17, 15) is 13.2 Å². The summed E-state index contributed by atoms with van der Waals surface area (Å²) in [6.45, 7) is 6.78. The molecule has 1 heterocycles. The molecule has 1 aliphatic rings. The van der Waals surface area contributed by atoms with Gasteiger partial charge in [0.05, 0.1) is 18.0 Å². The van der Waals surface area contributed by atoms with E-state index in [1.54, 1.807) is 24.3 Å². The maximum atomic E-state index is 12.5. The van der Waals surface area contributed by atoms with Gasteiger partial charge >= 0.3 is 0 Å². The number of morpholine rings is 1. The van der Waals surface area contributed by atoms with E-state index in [1.807, 2.05) is 24.3 Å². The Morgan fingerprint density at radius 2 is 1.59 bits per heavy atom. The maximum Gasteiger partial charge on any atom is 0.255 e. The minimum Gasteiger partial charge on any atom is -0.373 e.